The van der Waals surface area contributed by atoms with Crippen molar-refractivity contribution in [1.29, 1.82) is 0 Å². The highest BCUT2D eigenvalue weighted by atomic mass is 19.1. The Morgan fingerprint density at radius 2 is 2.14 bits per heavy atom. The number of anilines is 3. The van der Waals surface area contributed by atoms with Crippen LogP contribution in [-0.4, -0.2) is 50.4 Å². The molecule has 1 aromatic carbocycles. The smallest absolute Gasteiger partial charge is 0.414 e. The van der Waals surface area contributed by atoms with Crippen molar-refractivity contribution in [3.63, 3.8) is 0 Å². The van der Waals surface area contributed by atoms with Crippen LogP contribution < -0.4 is 10.2 Å². The van der Waals surface area contributed by atoms with Gasteiger partial charge < -0.3 is 15.2 Å². The van der Waals surface area contributed by atoms with E-state index < -0.39 is 18.0 Å². The van der Waals surface area contributed by atoms with Crippen LogP contribution in [-0.2, 0) is 11.8 Å². The summed E-state index contributed by atoms with van der Waals surface area (Å²) in [7, 11) is 1.71. The van der Waals surface area contributed by atoms with Crippen molar-refractivity contribution in [2.24, 2.45) is 7.05 Å². The first-order valence-corrected chi connectivity index (χ1v) is 8.52. The van der Waals surface area contributed by atoms with Gasteiger partial charge in [0.05, 0.1) is 25.0 Å². The summed E-state index contributed by atoms with van der Waals surface area (Å²) in [5.41, 5.74) is 1.32. The highest BCUT2D eigenvalue weighted by molar-refractivity contribution is 5.90. The normalized spacial score (nSPS) is 16.3. The number of benzene rings is 1. The highest BCUT2D eigenvalue weighted by Gasteiger charge is 2.32. The number of aryl methyl sites for hydroxylation is 1. The Hall–Kier alpha value is -3.53. The van der Waals surface area contributed by atoms with Crippen molar-refractivity contribution >= 4 is 23.4 Å². The first-order valence-electron chi connectivity index (χ1n) is 8.52. The van der Waals surface area contributed by atoms with E-state index in [1.165, 1.54) is 15.8 Å². The van der Waals surface area contributed by atoms with Crippen LogP contribution in [0.1, 0.15) is 0 Å². The third kappa shape index (κ3) is 3.49. The molecule has 0 bridgehead atoms. The molecule has 4 rings (SSSR count). The van der Waals surface area contributed by atoms with Gasteiger partial charge >= 0.3 is 6.09 Å². The number of rotatable bonds is 5. The topological polar surface area (TPSA) is 105 Å². The zero-order chi connectivity index (χ0) is 19.7. The van der Waals surface area contributed by atoms with Gasteiger partial charge in [-0.3, -0.25) is 4.90 Å². The summed E-state index contributed by atoms with van der Waals surface area (Å²) >= 11 is 0. The van der Waals surface area contributed by atoms with Crippen molar-refractivity contribution < 1.29 is 19.0 Å². The number of aliphatic hydroxyl groups excluding tert-OH is 1. The lowest BCUT2D eigenvalue weighted by molar-refractivity contribution is 0.0963. The van der Waals surface area contributed by atoms with Gasteiger partial charge in [-0.25, -0.2) is 14.2 Å². The third-order valence-electron chi connectivity index (χ3n) is 4.27. The minimum absolute atomic E-state index is 0.179. The number of carbonyl (C=O) groups is 1. The Kier molecular flexibility index (Phi) is 4.62. The van der Waals surface area contributed by atoms with Crippen LogP contribution >= 0.6 is 0 Å². The fraction of sp³-hybridized carbons (Fsp3) is 0.222. The number of hydrogen-bond acceptors (Lipinski definition) is 7. The van der Waals surface area contributed by atoms with Gasteiger partial charge in [0, 0.05) is 24.4 Å². The summed E-state index contributed by atoms with van der Waals surface area (Å²) in [5, 5.41) is 20.2. The second kappa shape index (κ2) is 7.24. The van der Waals surface area contributed by atoms with Gasteiger partial charge in [0.2, 0.25) is 0 Å². The molecule has 0 aliphatic carbocycles. The average molecular weight is 384 g/mol. The van der Waals surface area contributed by atoms with Crippen LogP contribution in [0, 0.1) is 5.82 Å². The highest BCUT2D eigenvalue weighted by Crippen LogP contribution is 2.29. The summed E-state index contributed by atoms with van der Waals surface area (Å²) in [6.45, 7) is -0.0954. The first kappa shape index (κ1) is 17.9. The molecule has 1 aliphatic heterocycles. The molecule has 28 heavy (non-hydrogen) atoms. The van der Waals surface area contributed by atoms with Gasteiger partial charge in [0.25, 0.3) is 0 Å². The zero-order valence-electron chi connectivity index (χ0n) is 14.9. The number of amides is 1. The van der Waals surface area contributed by atoms with E-state index in [0.29, 0.717) is 28.5 Å². The van der Waals surface area contributed by atoms with Gasteiger partial charge in [-0.15, -0.1) is 5.10 Å². The number of halogens is 1. The van der Waals surface area contributed by atoms with E-state index in [4.69, 9.17) is 9.84 Å². The summed E-state index contributed by atoms with van der Waals surface area (Å²) in [5.74, 6) is 0.613. The van der Waals surface area contributed by atoms with Gasteiger partial charge in [-0.1, -0.05) is 0 Å². The van der Waals surface area contributed by atoms with Gasteiger partial charge in [0.1, 0.15) is 17.7 Å². The fourth-order valence-electron chi connectivity index (χ4n) is 2.89. The summed E-state index contributed by atoms with van der Waals surface area (Å²) in [6, 6.07) is 7.92. The lowest BCUT2D eigenvalue weighted by Gasteiger charge is -2.14. The summed E-state index contributed by atoms with van der Waals surface area (Å²) < 4.78 is 19.6. The predicted octanol–water partition coefficient (Wildman–Crippen LogP) is 2.08. The van der Waals surface area contributed by atoms with Crippen LogP contribution in [0.3, 0.4) is 0 Å². The van der Waals surface area contributed by atoms with Crippen molar-refractivity contribution in [1.82, 2.24) is 20.0 Å². The number of nitrogens with one attached hydrogen (secondary N) is 1. The molecule has 3 heterocycles. The largest absolute Gasteiger partial charge is 0.441 e. The third-order valence-corrected chi connectivity index (χ3v) is 4.27. The molecule has 0 spiro atoms. The Balaban J connectivity index is 1.52. The minimum Gasteiger partial charge on any atom is -0.441 e. The molecule has 1 amide bonds. The lowest BCUT2D eigenvalue weighted by atomic mass is 10.1. The Bertz CT molecular complexity index is 1010. The minimum atomic E-state index is -0.604. The summed E-state index contributed by atoms with van der Waals surface area (Å²) in [6.07, 6.45) is 1.91. The number of hydrogen-bond donors (Lipinski definition) is 2. The lowest BCUT2D eigenvalue weighted by Crippen LogP contribution is -2.25. The molecule has 0 unspecified atom stereocenters. The van der Waals surface area contributed by atoms with E-state index in [9.17, 15) is 9.18 Å². The van der Waals surface area contributed by atoms with Crippen LogP contribution in [0.4, 0.5) is 26.5 Å². The van der Waals surface area contributed by atoms with Crippen LogP contribution in [0.15, 0.2) is 42.7 Å². The molecular weight excluding hydrogens is 367 g/mol. The number of cyclic esters (lactones) is 1. The SMILES string of the molecule is Cn1ncc(Nc2ccc(-c3ccc(N4C[C@H](CO)OC4=O)cc3F)cn2)n1. The number of ether oxygens (including phenoxy) is 1. The van der Waals surface area contributed by atoms with Gasteiger partial charge in [0.15, 0.2) is 5.82 Å². The number of pyridine rings is 1. The van der Waals surface area contributed by atoms with Crippen LogP contribution in [0.2, 0.25) is 0 Å². The molecule has 1 saturated heterocycles. The predicted molar refractivity (Wildman–Crippen MR) is 98.6 cm³/mol. The average Bonchev–Trinajstić information content (AvgIpc) is 3.27. The van der Waals surface area contributed by atoms with Crippen molar-refractivity contribution in [2.75, 3.05) is 23.4 Å². The maximum Gasteiger partial charge on any atom is 0.414 e. The Labute approximate surface area is 159 Å². The maximum atomic E-state index is 14.7. The fourth-order valence-corrected chi connectivity index (χ4v) is 2.89. The maximum absolute atomic E-state index is 14.7. The second-order valence-corrected chi connectivity index (χ2v) is 6.24. The van der Waals surface area contributed by atoms with Gasteiger partial charge in [-0.2, -0.15) is 9.90 Å². The van der Waals surface area contributed by atoms with E-state index in [0.717, 1.165) is 0 Å². The molecular formula is C18H17FN6O3. The van der Waals surface area contributed by atoms with E-state index in [1.54, 1.807) is 43.7 Å². The summed E-state index contributed by atoms with van der Waals surface area (Å²) in [4.78, 5) is 18.8. The molecule has 1 atom stereocenters. The number of nitrogens with zero attached hydrogens (tertiary/aromatic N) is 5. The molecule has 0 saturated carbocycles. The molecule has 1 aliphatic rings. The second-order valence-electron chi connectivity index (χ2n) is 6.24. The van der Waals surface area contributed by atoms with Crippen LogP contribution in [0.5, 0.6) is 0 Å². The Morgan fingerprint density at radius 1 is 1.29 bits per heavy atom. The quantitative estimate of drug-likeness (QED) is 0.694. The van der Waals surface area contributed by atoms with E-state index in [2.05, 4.69) is 20.5 Å². The number of carbonyl (C=O) groups excluding carboxylic acids is 1. The molecule has 1 fully saturated rings. The molecule has 10 heteroatoms. The van der Waals surface area contributed by atoms with Crippen molar-refractivity contribution in [2.45, 2.75) is 6.10 Å². The monoisotopic (exact) mass is 384 g/mol. The van der Waals surface area contributed by atoms with Crippen molar-refractivity contribution in [3.05, 3.63) is 48.5 Å². The van der Waals surface area contributed by atoms with Crippen molar-refractivity contribution in [3.8, 4) is 11.1 Å². The first-order chi connectivity index (χ1) is 13.5. The van der Waals surface area contributed by atoms with Crippen LogP contribution in [0.25, 0.3) is 11.1 Å². The molecule has 2 N–H and O–H groups in total. The number of aromatic nitrogens is 4. The Morgan fingerprint density at radius 3 is 2.75 bits per heavy atom. The van der Waals surface area contributed by atoms with E-state index >= 15 is 0 Å². The molecule has 0 radical (unpaired) electrons. The molecule has 3 aromatic rings. The van der Waals surface area contributed by atoms with Gasteiger partial charge in [-0.05, 0) is 30.3 Å². The molecule has 9 nitrogen and oxygen atoms in total. The standard InChI is InChI=1S/C18H17FN6O3/c1-24-21-8-17(23-24)22-16-5-2-11(7-20-16)14-4-3-12(6-15(14)19)25-9-13(10-26)28-18(25)27/h2-8,13,26H,9-10H2,1H3,(H,20,22,23)/t13-/m1/s1. The van der Waals surface area contributed by atoms with E-state index in [-0.39, 0.29) is 13.2 Å². The molecule has 144 valence electrons. The number of aliphatic hydroxyl groups is 1. The van der Waals surface area contributed by atoms with E-state index in [1.807, 2.05) is 0 Å². The zero-order valence-corrected chi connectivity index (χ0v) is 14.9. The molecule has 2 aromatic heterocycles.